The molecule has 2 atom stereocenters. The van der Waals surface area contributed by atoms with E-state index in [-0.39, 0.29) is 19.4 Å². The van der Waals surface area contributed by atoms with Crippen molar-refractivity contribution in [3.8, 4) is 0 Å². The van der Waals surface area contributed by atoms with Crippen LogP contribution < -0.4 is 28.7 Å². The number of hydrogen-bond acceptors (Lipinski definition) is 7. The molecule has 0 aromatic heterocycles. The number of carbonyl (C=O) groups excluding carboxylic acids is 2. The summed E-state index contributed by atoms with van der Waals surface area (Å²) in [6, 6.07) is 7.79. The lowest BCUT2D eigenvalue weighted by Gasteiger charge is -2.04. The van der Waals surface area contributed by atoms with Crippen molar-refractivity contribution in [1.29, 1.82) is 0 Å². The Balaban J connectivity index is 0. The Morgan fingerprint density at radius 3 is 1.74 bits per heavy atom. The van der Waals surface area contributed by atoms with Crippen molar-refractivity contribution in [3.05, 3.63) is 35.9 Å². The molecule has 2 amide bonds. The minimum Gasteiger partial charge on any atom is -0.480 e. The molecule has 11 heteroatoms. The highest BCUT2D eigenvalue weighted by Crippen LogP contribution is 2.01. The van der Waals surface area contributed by atoms with E-state index in [0.717, 1.165) is 5.56 Å². The van der Waals surface area contributed by atoms with Gasteiger partial charge in [-0.25, -0.2) is 0 Å². The first-order chi connectivity index (χ1) is 12.5. The zero-order valence-corrected chi connectivity index (χ0v) is 14.8. The first-order valence-electron chi connectivity index (χ1n) is 7.78. The van der Waals surface area contributed by atoms with Crippen molar-refractivity contribution in [2.75, 3.05) is 6.54 Å². The fraction of sp³-hybridized carbons (Fsp3) is 0.375. The number of rotatable bonds is 8. The number of benzene rings is 1. The monoisotopic (exact) mass is 385 g/mol. The molecule has 152 valence electrons. The lowest BCUT2D eigenvalue weighted by atomic mass is 10.1. The van der Waals surface area contributed by atoms with Gasteiger partial charge in [0.15, 0.2) is 0 Å². The quantitative estimate of drug-likeness (QED) is 0.255. The molecule has 1 aromatic carbocycles. The summed E-state index contributed by atoms with van der Waals surface area (Å²) in [5.41, 5.74) is 25.7. The molecule has 12 N–H and O–H groups in total. The van der Waals surface area contributed by atoms with E-state index < -0.39 is 35.8 Å². The molecule has 0 aliphatic rings. The van der Waals surface area contributed by atoms with E-state index >= 15 is 0 Å². The van der Waals surface area contributed by atoms with Gasteiger partial charge in [-0.1, -0.05) is 30.3 Å². The van der Waals surface area contributed by atoms with Crippen LogP contribution in [-0.4, -0.2) is 52.6 Å². The number of aliphatic carboxylic acids is 2. The molecule has 0 radical (unpaired) electrons. The molecule has 27 heavy (non-hydrogen) atoms. The van der Waals surface area contributed by atoms with Gasteiger partial charge < -0.3 is 38.9 Å². The first kappa shape index (κ1) is 26.2. The van der Waals surface area contributed by atoms with Crippen molar-refractivity contribution in [2.24, 2.45) is 28.7 Å². The number of amides is 2. The predicted octanol–water partition coefficient (Wildman–Crippen LogP) is -2.26. The zero-order chi connectivity index (χ0) is 21.4. The molecule has 0 aliphatic carbocycles. The molecule has 0 aliphatic heterocycles. The smallest absolute Gasteiger partial charge is 0.320 e. The molecule has 11 nitrogen and oxygen atoms in total. The van der Waals surface area contributed by atoms with E-state index in [1.165, 1.54) is 0 Å². The van der Waals surface area contributed by atoms with Gasteiger partial charge in [-0.15, -0.1) is 0 Å². The summed E-state index contributed by atoms with van der Waals surface area (Å²) >= 11 is 0. The SMILES string of the molecule is NC(=O)CCC(N)C(N)=O.NC(Cc1ccccc1)C(=O)O.NCC(=O)O. The van der Waals surface area contributed by atoms with Crippen molar-refractivity contribution in [3.63, 3.8) is 0 Å². The third kappa shape index (κ3) is 17.6. The van der Waals surface area contributed by atoms with Gasteiger partial charge in [0.25, 0.3) is 0 Å². The van der Waals surface area contributed by atoms with Crippen LogP contribution in [0.4, 0.5) is 0 Å². The summed E-state index contributed by atoms with van der Waals surface area (Å²) in [6.45, 7) is -0.278. The average molecular weight is 385 g/mol. The van der Waals surface area contributed by atoms with Crippen LogP contribution >= 0.6 is 0 Å². The minimum absolute atomic E-state index is 0.101. The molecular weight excluding hydrogens is 358 g/mol. The summed E-state index contributed by atoms with van der Waals surface area (Å²) in [4.78, 5) is 40.0. The molecule has 2 unspecified atom stereocenters. The second-order valence-corrected chi connectivity index (χ2v) is 5.25. The van der Waals surface area contributed by atoms with Crippen LogP contribution in [-0.2, 0) is 25.6 Å². The highest BCUT2D eigenvalue weighted by Gasteiger charge is 2.11. The van der Waals surface area contributed by atoms with E-state index in [1.807, 2.05) is 30.3 Å². The number of carbonyl (C=O) groups is 4. The molecule has 0 bridgehead atoms. The Morgan fingerprint density at radius 2 is 1.41 bits per heavy atom. The second kappa shape index (κ2) is 15.3. The zero-order valence-electron chi connectivity index (χ0n) is 14.8. The highest BCUT2D eigenvalue weighted by atomic mass is 16.4. The lowest BCUT2D eigenvalue weighted by molar-refractivity contribution is -0.138. The maximum Gasteiger partial charge on any atom is 0.320 e. The Morgan fingerprint density at radius 1 is 0.926 bits per heavy atom. The van der Waals surface area contributed by atoms with Crippen LogP contribution in [0.2, 0.25) is 0 Å². The van der Waals surface area contributed by atoms with Gasteiger partial charge in [-0.05, 0) is 18.4 Å². The van der Waals surface area contributed by atoms with Crippen molar-refractivity contribution in [2.45, 2.75) is 31.3 Å². The average Bonchev–Trinajstić information content (AvgIpc) is 2.61. The molecule has 0 fully saturated rings. The Labute approximate surface area is 156 Å². The van der Waals surface area contributed by atoms with Gasteiger partial charge in [-0.3, -0.25) is 19.2 Å². The standard InChI is InChI=1S/C9H11NO2.C5H11N3O2.C2H5NO2/c10-8(9(11)12)6-7-4-2-1-3-5-7;6-3(5(8)10)1-2-4(7)9;3-1-2(4)5/h1-5,8H,6,10H2,(H,11,12);3H,1-2,6H2,(H2,7,9)(H2,8,10);1,3H2,(H,4,5). The minimum atomic E-state index is -0.968. The Kier molecular flexibility index (Phi) is 14.8. The van der Waals surface area contributed by atoms with E-state index in [1.54, 1.807) is 0 Å². The fourth-order valence-corrected chi connectivity index (χ4v) is 1.40. The third-order valence-corrected chi connectivity index (χ3v) is 2.86. The summed E-state index contributed by atoms with van der Waals surface area (Å²) < 4.78 is 0. The van der Waals surface area contributed by atoms with Gasteiger partial charge in [0.05, 0.1) is 12.6 Å². The molecule has 0 saturated heterocycles. The summed E-state index contributed by atoms with van der Waals surface area (Å²) in [5, 5.41) is 16.1. The largest absolute Gasteiger partial charge is 0.480 e. The molecule has 0 spiro atoms. The van der Waals surface area contributed by atoms with Gasteiger partial charge in [0.1, 0.15) is 6.04 Å². The normalized spacial score (nSPS) is 11.5. The second-order valence-electron chi connectivity index (χ2n) is 5.25. The summed E-state index contributed by atoms with van der Waals surface area (Å²) in [7, 11) is 0. The third-order valence-electron chi connectivity index (χ3n) is 2.86. The predicted molar refractivity (Wildman–Crippen MR) is 98.0 cm³/mol. The first-order valence-corrected chi connectivity index (χ1v) is 7.78. The maximum atomic E-state index is 10.4. The number of nitrogens with two attached hydrogens (primary N) is 5. The highest BCUT2D eigenvalue weighted by molar-refractivity contribution is 5.81. The molecule has 1 aromatic rings. The summed E-state index contributed by atoms with van der Waals surface area (Å²) in [6.07, 6.45) is 0.713. The Bertz CT molecular complexity index is 596. The van der Waals surface area contributed by atoms with Crippen molar-refractivity contribution >= 4 is 23.8 Å². The van der Waals surface area contributed by atoms with Crippen LogP contribution in [0, 0.1) is 0 Å². The van der Waals surface area contributed by atoms with Crippen LogP contribution in [0.1, 0.15) is 18.4 Å². The van der Waals surface area contributed by atoms with Crippen molar-refractivity contribution in [1.82, 2.24) is 0 Å². The van der Waals surface area contributed by atoms with E-state index in [4.69, 9.17) is 33.1 Å². The van der Waals surface area contributed by atoms with E-state index in [9.17, 15) is 19.2 Å². The van der Waals surface area contributed by atoms with Gasteiger partial charge in [-0.2, -0.15) is 0 Å². The number of primary amides is 2. The van der Waals surface area contributed by atoms with Crippen LogP contribution in [0.15, 0.2) is 30.3 Å². The number of hydrogen-bond donors (Lipinski definition) is 7. The maximum absolute atomic E-state index is 10.4. The summed E-state index contributed by atoms with van der Waals surface area (Å²) in [5.74, 6) is -3.01. The van der Waals surface area contributed by atoms with Gasteiger partial charge in [0.2, 0.25) is 11.8 Å². The fourth-order valence-electron chi connectivity index (χ4n) is 1.40. The van der Waals surface area contributed by atoms with Crippen LogP contribution in [0.5, 0.6) is 0 Å². The molecular formula is C16H27N5O6. The Hall–Kier alpha value is -3.02. The molecule has 0 heterocycles. The lowest BCUT2D eigenvalue weighted by Crippen LogP contribution is -2.37. The van der Waals surface area contributed by atoms with Gasteiger partial charge >= 0.3 is 11.9 Å². The number of carboxylic acid groups (broad SMARTS) is 2. The number of carboxylic acids is 2. The topological polar surface area (TPSA) is 239 Å². The van der Waals surface area contributed by atoms with Crippen LogP contribution in [0.3, 0.4) is 0 Å². The molecule has 0 saturated carbocycles. The van der Waals surface area contributed by atoms with E-state index in [2.05, 4.69) is 5.73 Å². The van der Waals surface area contributed by atoms with Crippen LogP contribution in [0.25, 0.3) is 0 Å². The van der Waals surface area contributed by atoms with E-state index in [0.29, 0.717) is 6.42 Å². The van der Waals surface area contributed by atoms with Gasteiger partial charge in [0, 0.05) is 6.42 Å². The molecule has 1 rings (SSSR count). The van der Waals surface area contributed by atoms with Crippen molar-refractivity contribution < 1.29 is 29.4 Å².